The molecule has 0 saturated heterocycles. The van der Waals surface area contributed by atoms with Gasteiger partial charge in [0.2, 0.25) is 0 Å². The number of rotatable bonds is 8. The van der Waals surface area contributed by atoms with Crippen molar-refractivity contribution in [1.82, 2.24) is 9.88 Å². The van der Waals surface area contributed by atoms with Gasteiger partial charge in [-0.1, -0.05) is 44.2 Å². The molecule has 0 aliphatic heterocycles. The van der Waals surface area contributed by atoms with Gasteiger partial charge in [-0.25, -0.2) is 4.98 Å². The molecule has 3 rings (SSSR count). The van der Waals surface area contributed by atoms with Gasteiger partial charge in [-0.2, -0.15) is 0 Å². The number of anilines is 1. The minimum atomic E-state index is 0.431. The van der Waals surface area contributed by atoms with Crippen LogP contribution in [-0.2, 0) is 0 Å². The van der Waals surface area contributed by atoms with Gasteiger partial charge in [0, 0.05) is 11.4 Å². The fraction of sp³-hybridized carbons (Fsp3) is 0.409. The third-order valence-electron chi connectivity index (χ3n) is 5.00. The first-order chi connectivity index (χ1) is 12.2. The highest BCUT2D eigenvalue weighted by Gasteiger charge is 2.07. The molecule has 1 atom stereocenters. The summed E-state index contributed by atoms with van der Waals surface area (Å²) < 4.78 is 0. The van der Waals surface area contributed by atoms with Crippen molar-refractivity contribution in [3.05, 3.63) is 48.5 Å². The van der Waals surface area contributed by atoms with Crippen molar-refractivity contribution < 1.29 is 0 Å². The Morgan fingerprint density at radius 3 is 2.56 bits per heavy atom. The van der Waals surface area contributed by atoms with Gasteiger partial charge in [0.1, 0.15) is 5.82 Å². The second-order valence-corrected chi connectivity index (χ2v) is 6.76. The van der Waals surface area contributed by atoms with Crippen LogP contribution in [0.1, 0.15) is 33.6 Å². The van der Waals surface area contributed by atoms with Gasteiger partial charge in [-0.3, -0.25) is 0 Å². The number of benzene rings is 2. The zero-order chi connectivity index (χ0) is 17.6. The highest BCUT2D eigenvalue weighted by Crippen LogP contribution is 2.25. The number of aromatic nitrogens is 1. The predicted octanol–water partition coefficient (Wildman–Crippen LogP) is 5.31. The molecule has 1 N–H and O–H groups in total. The number of hydrogen-bond donors (Lipinski definition) is 1. The average molecular weight is 335 g/mol. The highest BCUT2D eigenvalue weighted by molar-refractivity contribution is 6.06. The molecule has 0 radical (unpaired) electrons. The van der Waals surface area contributed by atoms with Gasteiger partial charge in [0.05, 0.1) is 5.52 Å². The standard InChI is InChI=1S/C22H29N3/c1-4-25(5-2)16-8-9-17(3)23-22-15-13-20-19-11-7-6-10-18(19)12-14-21(20)24-22/h6-7,10-15,17H,4-5,8-9,16H2,1-3H3,(H,23,24). The summed E-state index contributed by atoms with van der Waals surface area (Å²) in [7, 11) is 0. The lowest BCUT2D eigenvalue weighted by Gasteiger charge is -2.20. The van der Waals surface area contributed by atoms with E-state index in [-0.39, 0.29) is 0 Å². The van der Waals surface area contributed by atoms with Gasteiger partial charge in [-0.15, -0.1) is 0 Å². The van der Waals surface area contributed by atoms with Crippen molar-refractivity contribution in [3.8, 4) is 0 Å². The summed E-state index contributed by atoms with van der Waals surface area (Å²) in [6, 6.07) is 17.5. The molecule has 0 amide bonds. The first kappa shape index (κ1) is 17.7. The van der Waals surface area contributed by atoms with E-state index in [1.165, 1.54) is 29.1 Å². The van der Waals surface area contributed by atoms with E-state index in [0.29, 0.717) is 6.04 Å². The minimum Gasteiger partial charge on any atom is -0.368 e. The molecule has 25 heavy (non-hydrogen) atoms. The van der Waals surface area contributed by atoms with Crippen molar-refractivity contribution in [3.63, 3.8) is 0 Å². The molecule has 0 spiro atoms. The van der Waals surface area contributed by atoms with Crippen molar-refractivity contribution in [2.75, 3.05) is 25.0 Å². The van der Waals surface area contributed by atoms with Gasteiger partial charge < -0.3 is 10.2 Å². The fourth-order valence-corrected chi connectivity index (χ4v) is 3.45. The molecule has 3 heteroatoms. The molecule has 2 aromatic carbocycles. The van der Waals surface area contributed by atoms with E-state index in [9.17, 15) is 0 Å². The van der Waals surface area contributed by atoms with Crippen LogP contribution in [0.15, 0.2) is 48.5 Å². The molecule has 1 aromatic heterocycles. The number of fused-ring (bicyclic) bond motifs is 3. The van der Waals surface area contributed by atoms with Gasteiger partial charge in [0.15, 0.2) is 0 Å². The van der Waals surface area contributed by atoms with Crippen molar-refractivity contribution in [2.45, 2.75) is 39.7 Å². The molecule has 1 unspecified atom stereocenters. The molecule has 132 valence electrons. The summed E-state index contributed by atoms with van der Waals surface area (Å²) in [5, 5.41) is 7.32. The van der Waals surface area contributed by atoms with Crippen LogP contribution in [0, 0.1) is 0 Å². The van der Waals surface area contributed by atoms with E-state index in [4.69, 9.17) is 4.98 Å². The Kier molecular flexibility index (Phi) is 5.87. The van der Waals surface area contributed by atoms with Crippen LogP contribution in [0.5, 0.6) is 0 Å². The third kappa shape index (κ3) is 4.29. The summed E-state index contributed by atoms with van der Waals surface area (Å²) in [5.74, 6) is 0.970. The normalized spacial score (nSPS) is 12.8. The smallest absolute Gasteiger partial charge is 0.126 e. The van der Waals surface area contributed by atoms with Crippen LogP contribution in [0.3, 0.4) is 0 Å². The van der Waals surface area contributed by atoms with Crippen LogP contribution in [0.2, 0.25) is 0 Å². The first-order valence-electron chi connectivity index (χ1n) is 9.48. The number of hydrogen-bond acceptors (Lipinski definition) is 3. The molecule has 3 nitrogen and oxygen atoms in total. The number of pyridine rings is 1. The second-order valence-electron chi connectivity index (χ2n) is 6.76. The molecule has 0 bridgehead atoms. The lowest BCUT2D eigenvalue weighted by Crippen LogP contribution is -2.25. The van der Waals surface area contributed by atoms with Crippen LogP contribution in [-0.4, -0.2) is 35.6 Å². The summed E-state index contributed by atoms with van der Waals surface area (Å²) in [4.78, 5) is 7.30. The Bertz CT molecular complexity index is 824. The van der Waals surface area contributed by atoms with Crippen LogP contribution < -0.4 is 5.32 Å². The molecule has 0 fully saturated rings. The van der Waals surface area contributed by atoms with Crippen LogP contribution in [0.4, 0.5) is 5.82 Å². The molecule has 3 aromatic rings. The Morgan fingerprint density at radius 2 is 1.76 bits per heavy atom. The molecule has 1 heterocycles. The number of nitrogens with one attached hydrogen (secondary N) is 1. The Morgan fingerprint density at radius 1 is 0.960 bits per heavy atom. The topological polar surface area (TPSA) is 28.2 Å². The zero-order valence-electron chi connectivity index (χ0n) is 15.6. The number of nitrogens with zero attached hydrogens (tertiary/aromatic N) is 2. The van der Waals surface area contributed by atoms with Crippen LogP contribution in [0.25, 0.3) is 21.7 Å². The lowest BCUT2D eigenvalue weighted by molar-refractivity contribution is 0.295. The Balaban J connectivity index is 1.66. The maximum Gasteiger partial charge on any atom is 0.126 e. The summed E-state index contributed by atoms with van der Waals surface area (Å²) in [6.07, 6.45) is 2.38. The average Bonchev–Trinajstić information content (AvgIpc) is 2.65. The zero-order valence-corrected chi connectivity index (χ0v) is 15.6. The maximum atomic E-state index is 4.82. The first-order valence-corrected chi connectivity index (χ1v) is 9.48. The molecule has 0 aliphatic rings. The van der Waals surface area contributed by atoms with E-state index < -0.39 is 0 Å². The maximum absolute atomic E-state index is 4.82. The molecule has 0 saturated carbocycles. The summed E-state index contributed by atoms with van der Waals surface area (Å²) >= 11 is 0. The molecule has 0 aliphatic carbocycles. The largest absolute Gasteiger partial charge is 0.368 e. The van der Waals surface area contributed by atoms with Crippen molar-refractivity contribution in [1.29, 1.82) is 0 Å². The van der Waals surface area contributed by atoms with Crippen LogP contribution >= 0.6 is 0 Å². The molecular formula is C22H29N3. The van der Waals surface area contributed by atoms with Gasteiger partial charge >= 0.3 is 0 Å². The fourth-order valence-electron chi connectivity index (χ4n) is 3.45. The van der Waals surface area contributed by atoms with Crippen molar-refractivity contribution in [2.24, 2.45) is 0 Å². The van der Waals surface area contributed by atoms with E-state index >= 15 is 0 Å². The third-order valence-corrected chi connectivity index (χ3v) is 5.00. The Hall–Kier alpha value is -2.13. The Labute approximate surface area is 151 Å². The predicted molar refractivity (Wildman–Crippen MR) is 109 cm³/mol. The second kappa shape index (κ2) is 8.30. The van der Waals surface area contributed by atoms with Gasteiger partial charge in [-0.05, 0) is 68.4 Å². The van der Waals surface area contributed by atoms with Gasteiger partial charge in [0.25, 0.3) is 0 Å². The van der Waals surface area contributed by atoms with E-state index in [0.717, 1.165) is 30.8 Å². The monoisotopic (exact) mass is 335 g/mol. The van der Waals surface area contributed by atoms with Crippen molar-refractivity contribution >= 4 is 27.5 Å². The molecular weight excluding hydrogens is 306 g/mol. The quantitative estimate of drug-likeness (QED) is 0.565. The highest BCUT2D eigenvalue weighted by atomic mass is 15.1. The summed E-state index contributed by atoms with van der Waals surface area (Å²) in [5.41, 5.74) is 1.05. The van der Waals surface area contributed by atoms with E-state index in [1.807, 2.05) is 0 Å². The minimum absolute atomic E-state index is 0.431. The SMILES string of the molecule is CCN(CC)CCCC(C)Nc1ccc2c(ccc3ccccc32)n1. The lowest BCUT2D eigenvalue weighted by atomic mass is 10.1. The van der Waals surface area contributed by atoms with E-state index in [2.05, 4.69) is 79.5 Å². The summed E-state index contributed by atoms with van der Waals surface area (Å²) in [6.45, 7) is 10.2. The van der Waals surface area contributed by atoms with E-state index in [1.54, 1.807) is 0 Å².